The lowest BCUT2D eigenvalue weighted by Gasteiger charge is -2.28. The van der Waals surface area contributed by atoms with Crippen LogP contribution in [-0.4, -0.2) is 33.0 Å². The van der Waals surface area contributed by atoms with Gasteiger partial charge >= 0.3 is 0 Å². The van der Waals surface area contributed by atoms with E-state index in [4.69, 9.17) is 0 Å². The minimum atomic E-state index is -2.82. The summed E-state index contributed by atoms with van der Waals surface area (Å²) >= 11 is 0. The van der Waals surface area contributed by atoms with Gasteiger partial charge in [-0.15, -0.1) is 0 Å². The third kappa shape index (κ3) is 6.19. The van der Waals surface area contributed by atoms with Gasteiger partial charge in [-0.05, 0) is 50.6 Å². The van der Waals surface area contributed by atoms with Gasteiger partial charge < -0.3 is 5.32 Å². The van der Waals surface area contributed by atoms with Gasteiger partial charge in [-0.25, -0.2) is 8.42 Å². The molecule has 4 heteroatoms. The Labute approximate surface area is 113 Å². The largest absolute Gasteiger partial charge is 0.316 e. The molecular weight excluding hydrogens is 246 g/mol. The van der Waals surface area contributed by atoms with Gasteiger partial charge in [0.25, 0.3) is 0 Å². The molecule has 1 N–H and O–H groups in total. The van der Waals surface area contributed by atoms with Crippen molar-refractivity contribution in [2.24, 2.45) is 11.8 Å². The van der Waals surface area contributed by atoms with Crippen molar-refractivity contribution in [1.29, 1.82) is 0 Å². The minimum absolute atomic E-state index is 0.0696. The molecule has 1 saturated carbocycles. The highest BCUT2D eigenvalue weighted by molar-refractivity contribution is 7.91. The van der Waals surface area contributed by atoms with Crippen LogP contribution < -0.4 is 5.32 Å². The van der Waals surface area contributed by atoms with E-state index in [1.54, 1.807) is 0 Å². The van der Waals surface area contributed by atoms with E-state index in [-0.39, 0.29) is 5.25 Å². The van der Waals surface area contributed by atoms with Crippen LogP contribution >= 0.6 is 0 Å². The molecule has 0 bridgehead atoms. The number of hydrogen-bond donors (Lipinski definition) is 1. The third-order valence-corrected chi connectivity index (χ3v) is 5.50. The molecule has 0 aromatic heterocycles. The Kier molecular flexibility index (Phi) is 6.64. The first-order valence-electron chi connectivity index (χ1n) is 7.29. The monoisotopic (exact) mass is 275 g/mol. The zero-order chi connectivity index (χ0) is 13.6. The summed E-state index contributed by atoms with van der Waals surface area (Å²) in [5, 5.41) is 3.38. The van der Waals surface area contributed by atoms with Crippen LogP contribution in [0.5, 0.6) is 0 Å². The topological polar surface area (TPSA) is 46.2 Å². The van der Waals surface area contributed by atoms with E-state index in [1.807, 2.05) is 0 Å². The average Bonchev–Trinajstić information content (AvgIpc) is 2.27. The van der Waals surface area contributed by atoms with Crippen molar-refractivity contribution in [2.45, 2.75) is 57.6 Å². The molecule has 0 saturated heterocycles. The van der Waals surface area contributed by atoms with Crippen molar-refractivity contribution in [3.63, 3.8) is 0 Å². The van der Waals surface area contributed by atoms with Gasteiger partial charge in [0.05, 0.1) is 5.25 Å². The molecule has 108 valence electrons. The molecule has 2 atom stereocenters. The number of rotatable bonds is 7. The van der Waals surface area contributed by atoms with E-state index in [9.17, 15) is 8.42 Å². The lowest BCUT2D eigenvalue weighted by atomic mass is 9.86. The van der Waals surface area contributed by atoms with Crippen LogP contribution in [0.1, 0.15) is 52.4 Å². The van der Waals surface area contributed by atoms with Crippen molar-refractivity contribution in [1.82, 2.24) is 5.32 Å². The quantitative estimate of drug-likeness (QED) is 0.727. The molecule has 3 nitrogen and oxygen atoms in total. The summed E-state index contributed by atoms with van der Waals surface area (Å²) in [6, 6.07) is 0. The fraction of sp³-hybridized carbons (Fsp3) is 1.00. The lowest BCUT2D eigenvalue weighted by Crippen LogP contribution is -2.28. The first kappa shape index (κ1) is 16.0. The molecule has 0 aromatic rings. The van der Waals surface area contributed by atoms with Crippen LogP contribution in [-0.2, 0) is 9.84 Å². The highest BCUT2D eigenvalue weighted by Gasteiger charge is 2.28. The summed E-state index contributed by atoms with van der Waals surface area (Å²) in [4.78, 5) is 0. The molecular formula is C14H29NO2S. The van der Waals surface area contributed by atoms with Gasteiger partial charge in [-0.1, -0.05) is 26.7 Å². The SMILES string of the molecule is CC(C)CNCCCC1CCCC(S(C)(=O)=O)C1. The van der Waals surface area contributed by atoms with Gasteiger partial charge in [0.1, 0.15) is 9.84 Å². The van der Waals surface area contributed by atoms with Crippen molar-refractivity contribution in [2.75, 3.05) is 19.3 Å². The summed E-state index contributed by atoms with van der Waals surface area (Å²) in [6.45, 7) is 6.57. The number of sulfone groups is 1. The predicted octanol–water partition coefficient (Wildman–Crippen LogP) is 2.62. The van der Waals surface area contributed by atoms with Crippen molar-refractivity contribution >= 4 is 9.84 Å². The molecule has 1 fully saturated rings. The summed E-state index contributed by atoms with van der Waals surface area (Å²) in [6.07, 6.45) is 7.82. The van der Waals surface area contributed by atoms with Gasteiger partial charge in [0.2, 0.25) is 0 Å². The summed E-state index contributed by atoms with van der Waals surface area (Å²) in [7, 11) is -2.82. The predicted molar refractivity (Wildman–Crippen MR) is 77.5 cm³/mol. The normalized spacial score (nSPS) is 25.6. The second-order valence-corrected chi connectivity index (χ2v) is 8.55. The van der Waals surface area contributed by atoms with Crippen LogP contribution in [0.15, 0.2) is 0 Å². The second-order valence-electron chi connectivity index (χ2n) is 6.22. The Morgan fingerprint density at radius 2 is 2.00 bits per heavy atom. The highest BCUT2D eigenvalue weighted by Crippen LogP contribution is 2.31. The fourth-order valence-corrected chi connectivity index (χ4v) is 4.02. The Morgan fingerprint density at radius 1 is 1.28 bits per heavy atom. The van der Waals surface area contributed by atoms with Gasteiger partial charge in [-0.2, -0.15) is 0 Å². The molecule has 0 spiro atoms. The maximum atomic E-state index is 11.6. The van der Waals surface area contributed by atoms with E-state index in [0.717, 1.165) is 32.4 Å². The molecule has 18 heavy (non-hydrogen) atoms. The van der Waals surface area contributed by atoms with Gasteiger partial charge in [0.15, 0.2) is 0 Å². The maximum Gasteiger partial charge on any atom is 0.150 e. The summed E-state index contributed by atoms with van der Waals surface area (Å²) in [5.74, 6) is 1.33. The Morgan fingerprint density at radius 3 is 2.61 bits per heavy atom. The molecule has 0 aliphatic heterocycles. The second kappa shape index (κ2) is 7.49. The summed E-state index contributed by atoms with van der Waals surface area (Å²) < 4.78 is 23.1. The third-order valence-electron chi connectivity index (χ3n) is 3.86. The van der Waals surface area contributed by atoms with Crippen molar-refractivity contribution in [3.8, 4) is 0 Å². The number of hydrogen-bond acceptors (Lipinski definition) is 3. The van der Waals surface area contributed by atoms with Crippen molar-refractivity contribution in [3.05, 3.63) is 0 Å². The maximum absolute atomic E-state index is 11.6. The molecule has 1 aliphatic carbocycles. The van der Waals surface area contributed by atoms with E-state index in [0.29, 0.717) is 11.8 Å². The van der Waals surface area contributed by atoms with Crippen LogP contribution in [0, 0.1) is 11.8 Å². The summed E-state index contributed by atoms with van der Waals surface area (Å²) in [5.41, 5.74) is 0. The van der Waals surface area contributed by atoms with Crippen LogP contribution in [0.3, 0.4) is 0 Å². The Bertz CT molecular complexity index is 325. The lowest BCUT2D eigenvalue weighted by molar-refractivity contribution is 0.329. The number of nitrogens with one attached hydrogen (secondary N) is 1. The molecule has 0 amide bonds. The first-order valence-corrected chi connectivity index (χ1v) is 9.24. The van der Waals surface area contributed by atoms with Crippen LogP contribution in [0.2, 0.25) is 0 Å². The van der Waals surface area contributed by atoms with E-state index in [2.05, 4.69) is 19.2 Å². The van der Waals surface area contributed by atoms with Crippen molar-refractivity contribution < 1.29 is 8.42 Å². The van der Waals surface area contributed by atoms with E-state index in [1.165, 1.54) is 25.5 Å². The molecule has 0 heterocycles. The van der Waals surface area contributed by atoms with Gasteiger partial charge in [-0.3, -0.25) is 0 Å². The minimum Gasteiger partial charge on any atom is -0.316 e. The standard InChI is InChI=1S/C14H29NO2S/c1-12(2)11-15-9-5-7-13-6-4-8-14(10-13)18(3,16)17/h12-15H,4-11H2,1-3H3. The molecule has 2 unspecified atom stereocenters. The van der Waals surface area contributed by atoms with E-state index >= 15 is 0 Å². The van der Waals surface area contributed by atoms with Crippen LogP contribution in [0.4, 0.5) is 0 Å². The average molecular weight is 275 g/mol. The molecule has 0 aromatic carbocycles. The van der Waals surface area contributed by atoms with Gasteiger partial charge in [0, 0.05) is 6.26 Å². The van der Waals surface area contributed by atoms with Crippen LogP contribution in [0.25, 0.3) is 0 Å². The highest BCUT2D eigenvalue weighted by atomic mass is 32.2. The Balaban J connectivity index is 2.19. The molecule has 1 rings (SSSR count). The zero-order valence-corrected chi connectivity index (χ0v) is 12.9. The zero-order valence-electron chi connectivity index (χ0n) is 12.1. The first-order chi connectivity index (χ1) is 8.39. The molecule has 0 radical (unpaired) electrons. The smallest absolute Gasteiger partial charge is 0.150 e. The Hall–Kier alpha value is -0.0900. The fourth-order valence-electron chi connectivity index (χ4n) is 2.80. The van der Waals surface area contributed by atoms with E-state index < -0.39 is 9.84 Å². The molecule has 1 aliphatic rings.